The van der Waals surface area contributed by atoms with Crippen LogP contribution >= 0.6 is 11.3 Å². The monoisotopic (exact) mass is 198 g/mol. The second-order valence-electron chi connectivity index (χ2n) is 1.59. The Morgan fingerprint density at radius 1 is 1.64 bits per heavy atom. The summed E-state index contributed by atoms with van der Waals surface area (Å²) < 4.78 is 0. The third-order valence-electron chi connectivity index (χ3n) is 0.736. The van der Waals surface area contributed by atoms with Crippen molar-refractivity contribution in [3.05, 3.63) is 17.5 Å². The summed E-state index contributed by atoms with van der Waals surface area (Å²) in [4.78, 5) is 19.0. The van der Waals surface area contributed by atoms with Crippen LogP contribution in [0.25, 0.3) is 0 Å². The van der Waals surface area contributed by atoms with Gasteiger partial charge in [0.25, 0.3) is 0 Å². The first-order chi connectivity index (χ1) is 4.79. The van der Waals surface area contributed by atoms with E-state index < -0.39 is 5.97 Å². The van der Waals surface area contributed by atoms with E-state index in [1.54, 1.807) is 6.07 Å². The molecule has 11 heavy (non-hydrogen) atoms. The fourth-order valence-electron chi connectivity index (χ4n) is 0.411. The van der Waals surface area contributed by atoms with Crippen molar-refractivity contribution in [1.29, 1.82) is 0 Å². The molecule has 0 aliphatic rings. The molecule has 5 heteroatoms. The average Bonchev–Trinajstić information content (AvgIpc) is 2.34. The van der Waals surface area contributed by atoms with E-state index >= 15 is 0 Å². The molecule has 0 spiro atoms. The van der Waals surface area contributed by atoms with E-state index in [0.717, 1.165) is 0 Å². The van der Waals surface area contributed by atoms with Gasteiger partial charge in [-0.15, -0.1) is 11.3 Å². The summed E-state index contributed by atoms with van der Waals surface area (Å²) in [6, 6.07) is 3.52. The minimum absolute atomic E-state index is 0. The van der Waals surface area contributed by atoms with Crippen LogP contribution in [0.15, 0.2) is 17.5 Å². The number of hydrogen-bond donors (Lipinski definition) is 0. The molecule has 56 valence electrons. The molecular formula is C6H7KO3S. The number of carbonyl (C=O) groups is 1. The molecule has 0 amide bonds. The molecule has 0 unspecified atom stereocenters. The van der Waals surface area contributed by atoms with Crippen molar-refractivity contribution in [2.24, 2.45) is 0 Å². The molecule has 0 aromatic carbocycles. The molecule has 0 atom stereocenters. The molecule has 1 heterocycles. The van der Waals surface area contributed by atoms with E-state index in [-0.39, 0.29) is 51.4 Å². The number of rotatable bonds is 2. The predicted molar refractivity (Wildman–Crippen MR) is 43.9 cm³/mol. The normalized spacial score (nSPS) is 8.09. The molecular weight excluding hydrogens is 191 g/mol. The fraction of sp³-hybridized carbons (Fsp3) is 0.167. The van der Waals surface area contributed by atoms with Crippen LogP contribution in [0, 0.1) is 0 Å². The summed E-state index contributed by atoms with van der Waals surface area (Å²) in [6.07, 6.45) is 0. The molecule has 1 aromatic heterocycles. The van der Waals surface area contributed by atoms with Crippen molar-refractivity contribution < 1.29 is 14.6 Å². The molecule has 0 radical (unpaired) electrons. The zero-order valence-corrected chi connectivity index (χ0v) is 6.18. The van der Waals surface area contributed by atoms with E-state index in [2.05, 4.69) is 9.78 Å². The summed E-state index contributed by atoms with van der Waals surface area (Å²) in [5.74, 6) is -0.451. The Morgan fingerprint density at radius 3 is 2.82 bits per heavy atom. The van der Waals surface area contributed by atoms with Crippen molar-refractivity contribution in [1.82, 2.24) is 0 Å². The molecule has 0 bridgehead atoms. The van der Waals surface area contributed by atoms with Gasteiger partial charge in [0.2, 0.25) is 5.06 Å². The van der Waals surface area contributed by atoms with Crippen LogP contribution in [0.2, 0.25) is 0 Å². The Kier molecular flexibility index (Phi) is 6.50. The second kappa shape index (κ2) is 6.16. The van der Waals surface area contributed by atoms with Gasteiger partial charge in [-0.2, -0.15) is 0 Å². The van der Waals surface area contributed by atoms with Gasteiger partial charge in [0.05, 0.1) is 0 Å². The predicted octanol–water partition coefficient (Wildman–Crippen LogP) is 0.956. The molecule has 1 aromatic rings. The maximum absolute atomic E-state index is 10.2. The molecule has 0 saturated carbocycles. The molecule has 1 rings (SSSR count). The molecule has 0 N–H and O–H groups in total. The van der Waals surface area contributed by atoms with Gasteiger partial charge in [0, 0.05) is 6.92 Å². The van der Waals surface area contributed by atoms with Gasteiger partial charge in [0.1, 0.15) is 0 Å². The van der Waals surface area contributed by atoms with Crippen molar-refractivity contribution in [3.8, 4) is 5.06 Å². The Hall–Kier alpha value is 0.606. The van der Waals surface area contributed by atoms with Gasteiger partial charge in [-0.25, -0.2) is 9.68 Å². The van der Waals surface area contributed by atoms with Crippen LogP contribution in [0.5, 0.6) is 5.06 Å². The summed E-state index contributed by atoms with van der Waals surface area (Å²) in [7, 11) is 0. The van der Waals surface area contributed by atoms with Crippen LogP contribution in [0.3, 0.4) is 0 Å². The van der Waals surface area contributed by atoms with Gasteiger partial charge in [-0.05, 0) is 17.5 Å². The third-order valence-corrected chi connectivity index (χ3v) is 1.47. The summed E-state index contributed by atoms with van der Waals surface area (Å²) >= 11 is 1.37. The average molecular weight is 198 g/mol. The van der Waals surface area contributed by atoms with Crippen molar-refractivity contribution in [3.63, 3.8) is 0 Å². The summed E-state index contributed by atoms with van der Waals surface area (Å²) in [5.41, 5.74) is 0. The Labute approximate surface area is 111 Å². The summed E-state index contributed by atoms with van der Waals surface area (Å²) in [6.45, 7) is 1.29. The maximum atomic E-state index is 10.2. The number of hydrogen-bond acceptors (Lipinski definition) is 4. The van der Waals surface area contributed by atoms with Crippen molar-refractivity contribution in [2.75, 3.05) is 0 Å². The van der Waals surface area contributed by atoms with Crippen molar-refractivity contribution >= 4 is 68.7 Å². The topological polar surface area (TPSA) is 35.5 Å². The molecule has 0 saturated heterocycles. The Balaban J connectivity index is 0.000001000. The van der Waals surface area contributed by atoms with Gasteiger partial charge in [-0.1, -0.05) is 0 Å². The van der Waals surface area contributed by atoms with Crippen LogP contribution in [0.1, 0.15) is 6.92 Å². The van der Waals surface area contributed by atoms with E-state index in [0.29, 0.717) is 5.06 Å². The molecule has 3 nitrogen and oxygen atoms in total. The standard InChI is InChI=1S/C6H6O3S.K.H/c1-5(7)8-9-6-3-2-4-10-6;;/h2-4H,1H3;;. The quantitative estimate of drug-likeness (QED) is 0.403. The Bertz CT molecular complexity index is 210. The summed E-state index contributed by atoms with van der Waals surface area (Å²) in [5, 5.41) is 2.41. The van der Waals surface area contributed by atoms with Crippen LogP contribution in [-0.2, 0) is 9.68 Å². The van der Waals surface area contributed by atoms with Gasteiger partial charge < -0.3 is 0 Å². The van der Waals surface area contributed by atoms with Crippen LogP contribution in [0.4, 0.5) is 0 Å². The molecule has 0 aliphatic heterocycles. The van der Waals surface area contributed by atoms with Crippen molar-refractivity contribution in [2.45, 2.75) is 6.92 Å². The fourth-order valence-corrected chi connectivity index (χ4v) is 0.932. The SMILES string of the molecule is CC(=O)OOc1cccs1.[KH]. The minimum atomic E-state index is -0.451. The molecule has 0 fully saturated rings. The molecule has 0 aliphatic carbocycles. The zero-order chi connectivity index (χ0) is 7.40. The number of carbonyl (C=O) groups excluding carboxylic acids is 1. The van der Waals surface area contributed by atoms with E-state index in [1.165, 1.54) is 18.3 Å². The van der Waals surface area contributed by atoms with E-state index in [9.17, 15) is 4.79 Å². The Morgan fingerprint density at radius 2 is 2.36 bits per heavy atom. The number of thiophene rings is 1. The first-order valence-corrected chi connectivity index (χ1v) is 3.55. The van der Waals surface area contributed by atoms with Gasteiger partial charge in [-0.3, -0.25) is 4.89 Å². The van der Waals surface area contributed by atoms with E-state index in [4.69, 9.17) is 0 Å². The van der Waals surface area contributed by atoms with E-state index in [1.807, 2.05) is 11.4 Å². The van der Waals surface area contributed by atoms with Crippen LogP contribution in [-0.4, -0.2) is 57.4 Å². The zero-order valence-electron chi connectivity index (χ0n) is 5.37. The first-order valence-electron chi connectivity index (χ1n) is 2.67. The van der Waals surface area contributed by atoms with Gasteiger partial charge >= 0.3 is 57.4 Å². The van der Waals surface area contributed by atoms with Gasteiger partial charge in [0.15, 0.2) is 0 Å². The second-order valence-corrected chi connectivity index (χ2v) is 2.50. The third kappa shape index (κ3) is 4.94. The van der Waals surface area contributed by atoms with Crippen LogP contribution < -0.4 is 4.89 Å². The first kappa shape index (κ1) is 11.6.